The molecule has 1 N–H and O–H groups in total. The van der Waals surface area contributed by atoms with Crippen molar-refractivity contribution in [2.24, 2.45) is 0 Å². The summed E-state index contributed by atoms with van der Waals surface area (Å²) in [5.41, 5.74) is 2.07. The molecule has 8 nitrogen and oxygen atoms in total. The first-order chi connectivity index (χ1) is 17.1. The summed E-state index contributed by atoms with van der Waals surface area (Å²) in [6.07, 6.45) is -0.0604. The monoisotopic (exact) mass is 511 g/mol. The Balaban J connectivity index is 1.40. The maximum absolute atomic E-state index is 14.1. The summed E-state index contributed by atoms with van der Waals surface area (Å²) >= 11 is 0. The highest BCUT2D eigenvalue weighted by Gasteiger charge is 2.45. The van der Waals surface area contributed by atoms with E-state index in [2.05, 4.69) is 23.5 Å². The third-order valence-electron chi connectivity index (χ3n) is 6.84. The molecule has 0 saturated heterocycles. The number of nitro benzene ring substituents is 1. The summed E-state index contributed by atoms with van der Waals surface area (Å²) in [7, 11) is -4.11. The molecule has 2 unspecified atom stereocenters. The lowest BCUT2D eigenvalue weighted by Gasteiger charge is -2.32. The first-order valence-electron chi connectivity index (χ1n) is 11.6. The second kappa shape index (κ2) is 8.86. The number of rotatable bonds is 7. The van der Waals surface area contributed by atoms with Gasteiger partial charge in [0.15, 0.2) is 4.90 Å². The summed E-state index contributed by atoms with van der Waals surface area (Å²) < 4.78 is 48.6. The van der Waals surface area contributed by atoms with Gasteiger partial charge in [0, 0.05) is 42.2 Å². The molecule has 2 aliphatic rings. The lowest BCUT2D eigenvalue weighted by molar-refractivity contribution is -0.387. The summed E-state index contributed by atoms with van der Waals surface area (Å²) in [4.78, 5) is 12.4. The Hall–Kier alpha value is -3.50. The SMILES string of the molecule is CC1(C)CN(C2c3ccccc3OC2CCNS(=O)(=O)c2ccccc2[N+](=O)[O-])c2ccc(F)cc21. The Morgan fingerprint density at radius 3 is 2.64 bits per heavy atom. The van der Waals surface area contributed by atoms with E-state index in [0.717, 1.165) is 28.6 Å². The van der Waals surface area contributed by atoms with Crippen LogP contribution < -0.4 is 14.4 Å². The van der Waals surface area contributed by atoms with E-state index in [1.165, 1.54) is 24.3 Å². The molecule has 36 heavy (non-hydrogen) atoms. The van der Waals surface area contributed by atoms with Crippen molar-refractivity contribution >= 4 is 21.4 Å². The molecule has 0 radical (unpaired) electrons. The second-order valence-corrected chi connectivity index (χ2v) is 11.5. The molecule has 10 heteroatoms. The van der Waals surface area contributed by atoms with Gasteiger partial charge in [-0.05, 0) is 35.9 Å². The van der Waals surface area contributed by atoms with Gasteiger partial charge in [-0.1, -0.05) is 44.2 Å². The smallest absolute Gasteiger partial charge is 0.289 e. The average Bonchev–Trinajstić information content (AvgIpc) is 3.32. The highest BCUT2D eigenvalue weighted by molar-refractivity contribution is 7.89. The molecule has 0 spiro atoms. The molecule has 0 bridgehead atoms. The summed E-state index contributed by atoms with van der Waals surface area (Å²) in [5, 5.41) is 11.3. The number of nitrogens with one attached hydrogen (secondary N) is 1. The van der Waals surface area contributed by atoms with E-state index >= 15 is 0 Å². The molecule has 3 aromatic carbocycles. The minimum Gasteiger partial charge on any atom is -0.487 e. The van der Waals surface area contributed by atoms with Crippen LogP contribution in [-0.4, -0.2) is 32.5 Å². The van der Waals surface area contributed by atoms with E-state index in [-0.39, 0.29) is 34.8 Å². The van der Waals surface area contributed by atoms with Crippen molar-refractivity contribution < 1.29 is 22.5 Å². The van der Waals surface area contributed by atoms with Crippen LogP contribution in [-0.2, 0) is 15.4 Å². The highest BCUT2D eigenvalue weighted by atomic mass is 32.2. The van der Waals surface area contributed by atoms with Gasteiger partial charge in [0.2, 0.25) is 10.0 Å². The Labute approximate surface area is 208 Å². The van der Waals surface area contributed by atoms with Crippen molar-refractivity contribution in [1.29, 1.82) is 0 Å². The number of hydrogen-bond donors (Lipinski definition) is 1. The van der Waals surface area contributed by atoms with Crippen LogP contribution in [0.3, 0.4) is 0 Å². The first kappa shape index (κ1) is 24.2. The van der Waals surface area contributed by atoms with Crippen LogP contribution in [0.25, 0.3) is 0 Å². The lowest BCUT2D eigenvalue weighted by Crippen LogP contribution is -2.39. The molecule has 2 heterocycles. The fourth-order valence-electron chi connectivity index (χ4n) is 5.24. The van der Waals surface area contributed by atoms with Crippen LogP contribution in [0.15, 0.2) is 71.6 Å². The normalized spacial score (nSPS) is 20.0. The van der Waals surface area contributed by atoms with E-state index in [1.807, 2.05) is 24.3 Å². The van der Waals surface area contributed by atoms with Gasteiger partial charge in [0.1, 0.15) is 17.7 Å². The van der Waals surface area contributed by atoms with Crippen molar-refractivity contribution in [2.45, 2.75) is 42.7 Å². The summed E-state index contributed by atoms with van der Waals surface area (Å²) in [6, 6.07) is 17.5. The number of fused-ring (bicyclic) bond motifs is 2. The number of anilines is 1. The molecule has 0 saturated carbocycles. The predicted molar refractivity (Wildman–Crippen MR) is 133 cm³/mol. The van der Waals surface area contributed by atoms with E-state index in [0.29, 0.717) is 13.0 Å². The molecule has 0 aliphatic carbocycles. The fourth-order valence-corrected chi connectivity index (χ4v) is 6.46. The number of nitro groups is 1. The van der Waals surface area contributed by atoms with Gasteiger partial charge in [-0.3, -0.25) is 10.1 Å². The Morgan fingerprint density at radius 1 is 1.14 bits per heavy atom. The molecular weight excluding hydrogens is 485 g/mol. The van der Waals surface area contributed by atoms with Crippen LogP contribution in [0.5, 0.6) is 5.75 Å². The average molecular weight is 512 g/mol. The number of benzene rings is 3. The van der Waals surface area contributed by atoms with Gasteiger partial charge >= 0.3 is 0 Å². The lowest BCUT2D eigenvalue weighted by atomic mass is 9.87. The van der Waals surface area contributed by atoms with Crippen LogP contribution in [0.4, 0.5) is 15.8 Å². The van der Waals surface area contributed by atoms with Crippen molar-refractivity contribution in [1.82, 2.24) is 4.72 Å². The highest BCUT2D eigenvalue weighted by Crippen LogP contribution is 2.50. The Kier molecular flexibility index (Phi) is 5.96. The maximum Gasteiger partial charge on any atom is 0.289 e. The van der Waals surface area contributed by atoms with Gasteiger partial charge in [0.25, 0.3) is 5.69 Å². The number of sulfonamides is 1. The molecule has 0 amide bonds. The molecule has 0 fully saturated rings. The standard InChI is InChI=1S/C26H26FN3O5S/c1-26(2)16-29(20-12-11-17(27)15-19(20)26)25-18-7-3-5-9-22(18)35-23(25)13-14-28-36(33,34)24-10-6-4-8-21(24)30(31)32/h3-12,15,23,25,28H,13-14,16H2,1-2H3. The zero-order chi connectivity index (χ0) is 25.7. The van der Waals surface area contributed by atoms with E-state index in [1.54, 1.807) is 12.1 Å². The summed E-state index contributed by atoms with van der Waals surface area (Å²) in [6.45, 7) is 4.81. The van der Waals surface area contributed by atoms with Gasteiger partial charge in [-0.15, -0.1) is 0 Å². The van der Waals surface area contributed by atoms with Crippen LogP contribution in [0, 0.1) is 15.9 Å². The predicted octanol–water partition coefficient (Wildman–Crippen LogP) is 4.70. The quantitative estimate of drug-likeness (QED) is 0.364. The third-order valence-corrected chi connectivity index (χ3v) is 8.35. The zero-order valence-corrected chi connectivity index (χ0v) is 20.7. The minimum atomic E-state index is -4.11. The van der Waals surface area contributed by atoms with Crippen LogP contribution in [0.1, 0.15) is 37.4 Å². The topological polar surface area (TPSA) is 102 Å². The molecule has 3 aromatic rings. The summed E-state index contributed by atoms with van der Waals surface area (Å²) in [5.74, 6) is 0.440. The zero-order valence-electron chi connectivity index (χ0n) is 19.8. The van der Waals surface area contributed by atoms with Gasteiger partial charge < -0.3 is 9.64 Å². The van der Waals surface area contributed by atoms with Crippen molar-refractivity contribution in [2.75, 3.05) is 18.0 Å². The fraction of sp³-hybridized carbons (Fsp3) is 0.308. The van der Waals surface area contributed by atoms with E-state index in [4.69, 9.17) is 4.74 Å². The molecule has 5 rings (SSSR count). The Morgan fingerprint density at radius 2 is 1.86 bits per heavy atom. The molecule has 0 aromatic heterocycles. The van der Waals surface area contributed by atoms with Gasteiger partial charge in [0.05, 0.1) is 11.0 Å². The van der Waals surface area contributed by atoms with Gasteiger partial charge in [-0.2, -0.15) is 0 Å². The number of halogens is 1. The first-order valence-corrected chi connectivity index (χ1v) is 13.1. The van der Waals surface area contributed by atoms with Crippen molar-refractivity contribution in [3.63, 3.8) is 0 Å². The Bertz CT molecular complexity index is 1440. The molecule has 2 atom stereocenters. The van der Waals surface area contributed by atoms with E-state index in [9.17, 15) is 22.9 Å². The van der Waals surface area contributed by atoms with E-state index < -0.39 is 20.6 Å². The number of nitrogens with zero attached hydrogens (tertiary/aromatic N) is 2. The number of para-hydroxylation sites is 2. The second-order valence-electron chi connectivity index (χ2n) is 9.72. The van der Waals surface area contributed by atoms with Crippen LogP contribution >= 0.6 is 0 Å². The van der Waals surface area contributed by atoms with Crippen molar-refractivity contribution in [3.8, 4) is 5.75 Å². The van der Waals surface area contributed by atoms with Crippen molar-refractivity contribution in [3.05, 3.63) is 93.8 Å². The molecule has 188 valence electrons. The molecule has 2 aliphatic heterocycles. The maximum atomic E-state index is 14.1. The number of hydrogen-bond acceptors (Lipinski definition) is 6. The number of ether oxygens (including phenoxy) is 1. The third kappa shape index (κ3) is 4.20. The van der Waals surface area contributed by atoms with Gasteiger partial charge in [-0.25, -0.2) is 17.5 Å². The largest absolute Gasteiger partial charge is 0.487 e. The molecular formula is C26H26FN3O5S. The van der Waals surface area contributed by atoms with Crippen LogP contribution in [0.2, 0.25) is 0 Å². The minimum absolute atomic E-state index is 0.0248.